The Morgan fingerprint density at radius 1 is 1.23 bits per heavy atom. The first kappa shape index (κ1) is 16.1. The second-order valence-electron chi connectivity index (χ2n) is 4.44. The molecule has 0 spiro atoms. The normalized spacial score (nSPS) is 11.3. The molecule has 22 heavy (non-hydrogen) atoms. The first-order valence-electron chi connectivity index (χ1n) is 6.10. The molecule has 0 unspecified atom stereocenters. The maximum atomic E-state index is 12.5. The average molecular weight is 331 g/mol. The van der Waals surface area contributed by atoms with Gasteiger partial charge in [-0.1, -0.05) is 17.7 Å². The minimum absolute atomic E-state index is 0.0564. The molecule has 0 aliphatic heterocycles. The fraction of sp³-hybridized carbons (Fsp3) is 0.143. The largest absolute Gasteiger partial charge is 0.416 e. The molecule has 0 atom stereocenters. The lowest BCUT2D eigenvalue weighted by Gasteiger charge is -2.10. The molecular weight excluding hydrogens is 321 g/mol. The van der Waals surface area contributed by atoms with E-state index in [-0.39, 0.29) is 22.7 Å². The van der Waals surface area contributed by atoms with Crippen molar-refractivity contribution in [2.24, 2.45) is 0 Å². The van der Waals surface area contributed by atoms with E-state index in [1.165, 1.54) is 18.3 Å². The summed E-state index contributed by atoms with van der Waals surface area (Å²) < 4.78 is 37.5. The van der Waals surface area contributed by atoms with Gasteiger partial charge in [0.25, 0.3) is 5.91 Å². The third-order valence-electron chi connectivity index (χ3n) is 2.84. The van der Waals surface area contributed by atoms with Crippen LogP contribution in [0.1, 0.15) is 21.5 Å². The number of carbonyl (C=O) groups is 1. The summed E-state index contributed by atoms with van der Waals surface area (Å²) in [4.78, 5) is 25.2. The number of aromatic amines is 1. The molecule has 8 heteroatoms. The summed E-state index contributed by atoms with van der Waals surface area (Å²) in [5.41, 5.74) is -0.620. The Labute approximate surface area is 127 Å². The van der Waals surface area contributed by atoms with E-state index in [1.807, 2.05) is 0 Å². The summed E-state index contributed by atoms with van der Waals surface area (Å²) >= 11 is 5.72. The lowest BCUT2D eigenvalue weighted by Crippen LogP contribution is -2.23. The van der Waals surface area contributed by atoms with Gasteiger partial charge in [0.05, 0.1) is 16.1 Å². The molecule has 0 aliphatic carbocycles. The number of carbonyl (C=O) groups excluding carboxylic acids is 1. The second kappa shape index (κ2) is 6.23. The van der Waals surface area contributed by atoms with Crippen LogP contribution in [-0.2, 0) is 12.7 Å². The van der Waals surface area contributed by atoms with Gasteiger partial charge in [0.2, 0.25) is 5.56 Å². The van der Waals surface area contributed by atoms with Crippen LogP contribution in [0.3, 0.4) is 0 Å². The Morgan fingerprint density at radius 3 is 2.50 bits per heavy atom. The molecule has 0 bridgehead atoms. The Balaban J connectivity index is 2.09. The van der Waals surface area contributed by atoms with E-state index in [4.69, 9.17) is 11.6 Å². The van der Waals surface area contributed by atoms with Gasteiger partial charge in [-0.15, -0.1) is 0 Å². The van der Waals surface area contributed by atoms with Crippen molar-refractivity contribution in [1.29, 1.82) is 0 Å². The standard InChI is InChI=1S/C14H10ClF3N2O2/c15-11-5-9(14(16,17)18)2-3-10(11)13(22)20-7-8-1-4-12(21)19-6-8/h1-6H,7H2,(H,19,21)(H,20,22). The van der Waals surface area contributed by atoms with E-state index in [0.717, 1.165) is 12.1 Å². The molecule has 1 aromatic heterocycles. The summed E-state index contributed by atoms with van der Waals surface area (Å²) in [6, 6.07) is 5.34. The van der Waals surface area contributed by atoms with Crippen molar-refractivity contribution in [2.75, 3.05) is 0 Å². The Morgan fingerprint density at radius 2 is 1.95 bits per heavy atom. The zero-order valence-corrected chi connectivity index (χ0v) is 11.8. The monoisotopic (exact) mass is 330 g/mol. The van der Waals surface area contributed by atoms with E-state index in [9.17, 15) is 22.8 Å². The predicted octanol–water partition coefficient (Wildman–Crippen LogP) is 2.98. The van der Waals surface area contributed by atoms with E-state index >= 15 is 0 Å². The SMILES string of the molecule is O=C(NCc1ccc(=O)[nH]c1)c1ccc(C(F)(F)F)cc1Cl. The molecular formula is C14H10ClF3N2O2. The summed E-state index contributed by atoms with van der Waals surface area (Å²) in [6.07, 6.45) is -3.09. The topological polar surface area (TPSA) is 62.0 Å². The summed E-state index contributed by atoms with van der Waals surface area (Å²) in [5, 5.41) is 2.22. The molecule has 0 aliphatic rings. The molecule has 0 saturated carbocycles. The minimum Gasteiger partial charge on any atom is -0.348 e. The van der Waals surface area contributed by atoms with Crippen LogP contribution >= 0.6 is 11.6 Å². The van der Waals surface area contributed by atoms with E-state index in [2.05, 4.69) is 10.3 Å². The first-order valence-corrected chi connectivity index (χ1v) is 6.48. The van der Waals surface area contributed by atoms with Gasteiger partial charge in [0.15, 0.2) is 0 Å². The average Bonchev–Trinajstić information content (AvgIpc) is 2.45. The van der Waals surface area contributed by atoms with Crippen molar-refractivity contribution in [3.63, 3.8) is 0 Å². The van der Waals surface area contributed by atoms with E-state index in [1.54, 1.807) is 0 Å². The molecule has 0 radical (unpaired) electrons. The van der Waals surface area contributed by atoms with E-state index < -0.39 is 17.6 Å². The predicted molar refractivity (Wildman–Crippen MR) is 74.7 cm³/mol. The summed E-state index contributed by atoms with van der Waals surface area (Å²) in [7, 11) is 0. The van der Waals surface area contributed by atoms with Crippen molar-refractivity contribution >= 4 is 17.5 Å². The number of aromatic nitrogens is 1. The molecule has 0 fully saturated rings. The molecule has 1 aromatic carbocycles. The van der Waals surface area contributed by atoms with Crippen molar-refractivity contribution < 1.29 is 18.0 Å². The summed E-state index contributed by atoms with van der Waals surface area (Å²) in [6.45, 7) is 0.104. The van der Waals surface area contributed by atoms with Gasteiger partial charge in [-0.05, 0) is 23.8 Å². The highest BCUT2D eigenvalue weighted by molar-refractivity contribution is 6.33. The fourth-order valence-electron chi connectivity index (χ4n) is 1.71. The van der Waals surface area contributed by atoms with Crippen LogP contribution in [0.15, 0.2) is 41.3 Å². The lowest BCUT2D eigenvalue weighted by atomic mass is 10.1. The third-order valence-corrected chi connectivity index (χ3v) is 3.16. The zero-order chi connectivity index (χ0) is 16.3. The minimum atomic E-state index is -4.52. The molecule has 0 saturated heterocycles. The van der Waals surface area contributed by atoms with Gasteiger partial charge < -0.3 is 10.3 Å². The number of hydrogen-bond acceptors (Lipinski definition) is 2. The highest BCUT2D eigenvalue weighted by Crippen LogP contribution is 2.32. The van der Waals surface area contributed by atoms with Crippen LogP contribution in [0.4, 0.5) is 13.2 Å². The number of benzene rings is 1. The van der Waals surface area contributed by atoms with Gasteiger partial charge in [-0.2, -0.15) is 13.2 Å². The molecule has 2 aromatic rings. The van der Waals surface area contributed by atoms with Crippen molar-refractivity contribution in [2.45, 2.75) is 12.7 Å². The molecule has 1 amide bonds. The number of hydrogen-bond donors (Lipinski definition) is 2. The van der Waals surface area contributed by atoms with Gasteiger partial charge in [0.1, 0.15) is 0 Å². The van der Waals surface area contributed by atoms with Crippen LogP contribution in [0.2, 0.25) is 5.02 Å². The number of rotatable bonds is 3. The number of amides is 1. The Hall–Kier alpha value is -2.28. The van der Waals surface area contributed by atoms with Gasteiger partial charge in [0, 0.05) is 18.8 Å². The van der Waals surface area contributed by atoms with Crippen LogP contribution in [0, 0.1) is 0 Å². The van der Waals surface area contributed by atoms with Crippen LogP contribution in [0.5, 0.6) is 0 Å². The zero-order valence-electron chi connectivity index (χ0n) is 11.0. The van der Waals surface area contributed by atoms with Crippen LogP contribution in [0.25, 0.3) is 0 Å². The maximum Gasteiger partial charge on any atom is 0.416 e. The molecule has 2 N–H and O–H groups in total. The Bertz CT molecular complexity index is 736. The quantitative estimate of drug-likeness (QED) is 0.909. The number of pyridine rings is 1. The highest BCUT2D eigenvalue weighted by Gasteiger charge is 2.31. The number of nitrogens with one attached hydrogen (secondary N) is 2. The van der Waals surface area contributed by atoms with E-state index in [0.29, 0.717) is 11.6 Å². The molecule has 2 rings (SSSR count). The molecule has 116 valence electrons. The van der Waals surface area contributed by atoms with Gasteiger partial charge in [-0.25, -0.2) is 0 Å². The van der Waals surface area contributed by atoms with Crippen molar-refractivity contribution in [3.05, 3.63) is 68.6 Å². The second-order valence-corrected chi connectivity index (χ2v) is 4.84. The van der Waals surface area contributed by atoms with Crippen LogP contribution < -0.4 is 10.9 Å². The van der Waals surface area contributed by atoms with Gasteiger partial charge in [-0.3, -0.25) is 9.59 Å². The van der Waals surface area contributed by atoms with Crippen LogP contribution in [-0.4, -0.2) is 10.9 Å². The lowest BCUT2D eigenvalue weighted by molar-refractivity contribution is -0.137. The fourth-order valence-corrected chi connectivity index (χ4v) is 1.97. The third kappa shape index (κ3) is 3.88. The molecule has 1 heterocycles. The smallest absolute Gasteiger partial charge is 0.348 e. The maximum absolute atomic E-state index is 12.5. The van der Waals surface area contributed by atoms with Gasteiger partial charge >= 0.3 is 6.18 Å². The van der Waals surface area contributed by atoms with Crippen molar-refractivity contribution in [3.8, 4) is 0 Å². The highest BCUT2D eigenvalue weighted by atomic mass is 35.5. The first-order chi connectivity index (χ1) is 10.3. The Kier molecular flexibility index (Phi) is 4.56. The van der Waals surface area contributed by atoms with Crippen molar-refractivity contribution in [1.82, 2.24) is 10.3 Å². The molecule has 4 nitrogen and oxygen atoms in total. The summed E-state index contributed by atoms with van der Waals surface area (Å²) in [5.74, 6) is -0.607. The number of H-pyrrole nitrogens is 1. The number of halogens is 4. The number of alkyl halides is 3.